The SMILES string of the molecule is CCOC(C)(C)c1ccc(-c2ccccc2NC(=O)c2cn(C)nc2C(F)F)cc1. The number of carbonyl (C=O) groups excluding carboxylic acids is 1. The molecule has 0 atom stereocenters. The van der Waals surface area contributed by atoms with Crippen molar-refractivity contribution in [1.82, 2.24) is 9.78 Å². The molecule has 5 nitrogen and oxygen atoms in total. The summed E-state index contributed by atoms with van der Waals surface area (Å²) in [7, 11) is 1.50. The quantitative estimate of drug-likeness (QED) is 0.553. The van der Waals surface area contributed by atoms with Crippen LogP contribution in [0.5, 0.6) is 0 Å². The van der Waals surface area contributed by atoms with E-state index in [1.165, 1.54) is 17.9 Å². The van der Waals surface area contributed by atoms with Gasteiger partial charge in [0.25, 0.3) is 12.3 Å². The van der Waals surface area contributed by atoms with E-state index < -0.39 is 23.6 Å². The van der Waals surface area contributed by atoms with Gasteiger partial charge in [0.15, 0.2) is 0 Å². The van der Waals surface area contributed by atoms with Gasteiger partial charge in [-0.15, -0.1) is 0 Å². The summed E-state index contributed by atoms with van der Waals surface area (Å²) in [5, 5.41) is 6.44. The molecule has 0 spiro atoms. The van der Waals surface area contributed by atoms with Crippen molar-refractivity contribution in [2.24, 2.45) is 7.05 Å². The molecule has 158 valence electrons. The maximum atomic E-state index is 13.2. The van der Waals surface area contributed by atoms with Crippen LogP contribution in [0, 0.1) is 0 Å². The van der Waals surface area contributed by atoms with Gasteiger partial charge in [-0.05, 0) is 38.0 Å². The van der Waals surface area contributed by atoms with Crippen LogP contribution < -0.4 is 5.32 Å². The van der Waals surface area contributed by atoms with Crippen LogP contribution in [-0.4, -0.2) is 22.3 Å². The van der Waals surface area contributed by atoms with E-state index in [2.05, 4.69) is 10.4 Å². The molecule has 1 amide bonds. The number of amides is 1. The van der Waals surface area contributed by atoms with Gasteiger partial charge in [0, 0.05) is 31.1 Å². The van der Waals surface area contributed by atoms with Crippen LogP contribution in [0.25, 0.3) is 11.1 Å². The van der Waals surface area contributed by atoms with Gasteiger partial charge >= 0.3 is 0 Å². The lowest BCUT2D eigenvalue weighted by molar-refractivity contribution is -0.0140. The molecule has 0 aliphatic carbocycles. The molecule has 1 aromatic heterocycles. The first-order valence-corrected chi connectivity index (χ1v) is 9.70. The number of aryl methyl sites for hydroxylation is 1. The van der Waals surface area contributed by atoms with E-state index in [0.29, 0.717) is 12.3 Å². The summed E-state index contributed by atoms with van der Waals surface area (Å²) in [5.74, 6) is -0.625. The molecule has 0 bridgehead atoms. The average molecular weight is 413 g/mol. The molecule has 3 aromatic rings. The van der Waals surface area contributed by atoms with Gasteiger partial charge in [0.1, 0.15) is 5.69 Å². The molecule has 1 heterocycles. The van der Waals surface area contributed by atoms with Gasteiger partial charge in [-0.3, -0.25) is 9.48 Å². The largest absolute Gasteiger partial charge is 0.371 e. The van der Waals surface area contributed by atoms with Gasteiger partial charge in [0.05, 0.1) is 11.2 Å². The number of rotatable bonds is 7. The van der Waals surface area contributed by atoms with E-state index >= 15 is 0 Å². The minimum atomic E-state index is -2.83. The van der Waals surface area contributed by atoms with Gasteiger partial charge in [-0.1, -0.05) is 42.5 Å². The van der Waals surface area contributed by atoms with E-state index in [9.17, 15) is 13.6 Å². The van der Waals surface area contributed by atoms with Crippen LogP contribution in [0.3, 0.4) is 0 Å². The highest BCUT2D eigenvalue weighted by Crippen LogP contribution is 2.32. The van der Waals surface area contributed by atoms with Crippen molar-refractivity contribution in [3.05, 3.63) is 71.5 Å². The van der Waals surface area contributed by atoms with Crippen LogP contribution in [0.1, 0.15) is 48.8 Å². The van der Waals surface area contributed by atoms with Crippen LogP contribution >= 0.6 is 0 Å². The molecule has 7 heteroatoms. The Labute approximate surface area is 174 Å². The molecule has 2 aromatic carbocycles. The third-order valence-electron chi connectivity index (χ3n) is 4.88. The smallest absolute Gasteiger partial charge is 0.282 e. The number of anilines is 1. The number of aromatic nitrogens is 2. The Hall–Kier alpha value is -3.06. The molecular formula is C23H25F2N3O2. The summed E-state index contributed by atoms with van der Waals surface area (Å²) in [6.45, 7) is 6.58. The first-order chi connectivity index (χ1) is 14.2. The van der Waals surface area contributed by atoms with Crippen LogP contribution in [0.4, 0.5) is 14.5 Å². The second-order valence-electron chi connectivity index (χ2n) is 7.42. The third kappa shape index (κ3) is 4.57. The summed E-state index contributed by atoms with van der Waals surface area (Å²) in [6.07, 6.45) is -1.53. The zero-order chi connectivity index (χ0) is 21.9. The topological polar surface area (TPSA) is 56.1 Å². The fraction of sp³-hybridized carbons (Fsp3) is 0.304. The van der Waals surface area contributed by atoms with Crippen molar-refractivity contribution in [3.63, 3.8) is 0 Å². The van der Waals surface area contributed by atoms with Gasteiger partial charge < -0.3 is 10.1 Å². The second kappa shape index (κ2) is 8.75. The Morgan fingerprint density at radius 3 is 2.47 bits per heavy atom. The van der Waals surface area contributed by atoms with Crippen molar-refractivity contribution in [1.29, 1.82) is 0 Å². The Morgan fingerprint density at radius 1 is 1.17 bits per heavy atom. The van der Waals surface area contributed by atoms with Crippen LogP contribution in [0.2, 0.25) is 0 Å². The van der Waals surface area contributed by atoms with Crippen molar-refractivity contribution in [3.8, 4) is 11.1 Å². The summed E-state index contributed by atoms with van der Waals surface area (Å²) in [6, 6.07) is 15.1. The predicted octanol–water partition coefficient (Wildman–Crippen LogP) is 5.55. The van der Waals surface area contributed by atoms with E-state index in [1.54, 1.807) is 12.1 Å². The van der Waals surface area contributed by atoms with Gasteiger partial charge in [-0.2, -0.15) is 5.10 Å². The number of hydrogen-bond donors (Lipinski definition) is 1. The molecule has 3 rings (SSSR count). The fourth-order valence-electron chi connectivity index (χ4n) is 3.37. The number of ether oxygens (including phenoxy) is 1. The number of benzene rings is 2. The normalized spacial score (nSPS) is 11.7. The molecule has 0 fully saturated rings. The Balaban J connectivity index is 1.89. The first kappa shape index (κ1) is 21.6. The van der Waals surface area contributed by atoms with Crippen LogP contribution in [0.15, 0.2) is 54.7 Å². The number of nitrogens with zero attached hydrogens (tertiary/aromatic N) is 2. The highest BCUT2D eigenvalue weighted by atomic mass is 19.3. The zero-order valence-corrected chi connectivity index (χ0v) is 17.4. The summed E-state index contributed by atoms with van der Waals surface area (Å²) in [4.78, 5) is 12.7. The van der Waals surface area contributed by atoms with E-state index in [0.717, 1.165) is 16.7 Å². The number of carbonyl (C=O) groups is 1. The molecule has 0 saturated carbocycles. The average Bonchev–Trinajstić information content (AvgIpc) is 3.11. The molecule has 0 radical (unpaired) electrons. The highest BCUT2D eigenvalue weighted by Gasteiger charge is 2.24. The molecule has 0 saturated heterocycles. The predicted molar refractivity (Wildman–Crippen MR) is 113 cm³/mol. The monoisotopic (exact) mass is 413 g/mol. The second-order valence-corrected chi connectivity index (χ2v) is 7.42. The molecule has 0 aliphatic rings. The number of alkyl halides is 2. The molecule has 30 heavy (non-hydrogen) atoms. The lowest BCUT2D eigenvalue weighted by Crippen LogP contribution is -2.21. The fourth-order valence-corrected chi connectivity index (χ4v) is 3.37. The number of halogens is 2. The molecule has 0 aliphatic heterocycles. The Morgan fingerprint density at radius 2 is 1.83 bits per heavy atom. The van der Waals surface area contributed by atoms with E-state index in [4.69, 9.17) is 4.74 Å². The lowest BCUT2D eigenvalue weighted by atomic mass is 9.94. The minimum absolute atomic E-state index is 0.142. The van der Waals surface area contributed by atoms with Crippen molar-refractivity contribution in [2.75, 3.05) is 11.9 Å². The Kier molecular flexibility index (Phi) is 6.31. The molecule has 1 N–H and O–H groups in total. The van der Waals surface area contributed by atoms with E-state index in [-0.39, 0.29) is 5.56 Å². The maximum Gasteiger partial charge on any atom is 0.282 e. The minimum Gasteiger partial charge on any atom is -0.371 e. The van der Waals surface area contributed by atoms with Gasteiger partial charge in [-0.25, -0.2) is 8.78 Å². The number of para-hydroxylation sites is 1. The van der Waals surface area contributed by atoms with Gasteiger partial charge in [0.2, 0.25) is 0 Å². The summed E-state index contributed by atoms with van der Waals surface area (Å²) >= 11 is 0. The van der Waals surface area contributed by atoms with Crippen molar-refractivity contribution >= 4 is 11.6 Å². The third-order valence-corrected chi connectivity index (χ3v) is 4.88. The molecule has 0 unspecified atom stereocenters. The summed E-state index contributed by atoms with van der Waals surface area (Å²) < 4.78 is 33.4. The standard InChI is InChI=1S/C23H25F2N3O2/c1-5-30-23(2,3)16-12-10-15(11-13-16)17-8-6-7-9-19(17)26-22(29)18-14-28(4)27-20(18)21(24)25/h6-14,21H,5H2,1-4H3,(H,26,29). The highest BCUT2D eigenvalue weighted by molar-refractivity contribution is 6.06. The Bertz CT molecular complexity index is 1030. The van der Waals surface area contributed by atoms with E-state index in [1.807, 2.05) is 57.2 Å². The number of nitrogens with one attached hydrogen (secondary N) is 1. The first-order valence-electron chi connectivity index (χ1n) is 9.70. The zero-order valence-electron chi connectivity index (χ0n) is 17.4. The molecular weight excluding hydrogens is 388 g/mol. The maximum absolute atomic E-state index is 13.2. The summed E-state index contributed by atoms with van der Waals surface area (Å²) in [5.41, 5.74) is 2.16. The van der Waals surface area contributed by atoms with Crippen LogP contribution in [-0.2, 0) is 17.4 Å². The van der Waals surface area contributed by atoms with Crippen molar-refractivity contribution in [2.45, 2.75) is 32.8 Å². The van der Waals surface area contributed by atoms with Crippen molar-refractivity contribution < 1.29 is 18.3 Å². The number of hydrogen-bond acceptors (Lipinski definition) is 3. The lowest BCUT2D eigenvalue weighted by Gasteiger charge is -2.25.